The Hall–Kier alpha value is -0.660. The van der Waals surface area contributed by atoms with Gasteiger partial charge < -0.3 is 10.6 Å². The molecule has 0 bridgehead atoms. The summed E-state index contributed by atoms with van der Waals surface area (Å²) in [7, 11) is -3.16. The fourth-order valence-electron chi connectivity index (χ4n) is 1.44. The summed E-state index contributed by atoms with van der Waals surface area (Å²) >= 11 is 0. The van der Waals surface area contributed by atoms with Crippen LogP contribution in [0.15, 0.2) is 0 Å². The first kappa shape index (κ1) is 17.3. The Morgan fingerprint density at radius 3 is 2.17 bits per heavy atom. The van der Waals surface area contributed by atoms with Crippen LogP contribution in [0.3, 0.4) is 0 Å². The summed E-state index contributed by atoms with van der Waals surface area (Å²) in [5, 5.41) is 5.90. The molecule has 1 atom stereocenters. The third-order valence-corrected chi connectivity index (χ3v) is 3.39. The van der Waals surface area contributed by atoms with Crippen LogP contribution in [0.2, 0.25) is 0 Å². The highest BCUT2D eigenvalue weighted by atomic mass is 32.2. The summed E-state index contributed by atoms with van der Waals surface area (Å²) in [5.41, 5.74) is 0. The van der Waals surface area contributed by atoms with Gasteiger partial charge in [0.05, 0.1) is 12.3 Å². The second kappa shape index (κ2) is 8.44. The molecule has 0 radical (unpaired) electrons. The van der Waals surface area contributed by atoms with E-state index in [1.54, 1.807) is 6.92 Å². The smallest absolute Gasteiger partial charge is 0.237 e. The van der Waals surface area contributed by atoms with Crippen molar-refractivity contribution in [1.29, 1.82) is 0 Å². The van der Waals surface area contributed by atoms with Crippen molar-refractivity contribution >= 4 is 15.9 Å². The average Bonchev–Trinajstić information content (AvgIpc) is 2.29. The molecule has 108 valence electrons. The van der Waals surface area contributed by atoms with E-state index in [0.717, 1.165) is 19.1 Å². The van der Waals surface area contributed by atoms with E-state index in [4.69, 9.17) is 0 Å². The molecule has 0 aliphatic rings. The number of sulfonamides is 1. The van der Waals surface area contributed by atoms with Crippen LogP contribution >= 0.6 is 0 Å². The molecule has 1 unspecified atom stereocenters. The molecule has 0 spiro atoms. The van der Waals surface area contributed by atoms with Gasteiger partial charge in [-0.25, -0.2) is 13.1 Å². The molecular weight excluding hydrogens is 254 g/mol. The summed E-state index contributed by atoms with van der Waals surface area (Å²) < 4.78 is 24.0. The van der Waals surface area contributed by atoms with Gasteiger partial charge in [-0.05, 0) is 19.8 Å². The maximum absolute atomic E-state index is 11.8. The SMILES string of the molecule is CCC(CC)NC(=O)C(C)NCCNS(C)(=O)=O. The van der Waals surface area contributed by atoms with Gasteiger partial charge in [0.15, 0.2) is 0 Å². The van der Waals surface area contributed by atoms with E-state index in [-0.39, 0.29) is 24.5 Å². The molecule has 0 aromatic heterocycles. The molecule has 0 aromatic carbocycles. The number of carbonyl (C=O) groups excluding carboxylic acids is 1. The molecule has 1 amide bonds. The van der Waals surface area contributed by atoms with E-state index in [9.17, 15) is 13.2 Å². The van der Waals surface area contributed by atoms with E-state index in [2.05, 4.69) is 15.4 Å². The van der Waals surface area contributed by atoms with E-state index >= 15 is 0 Å². The van der Waals surface area contributed by atoms with Gasteiger partial charge in [0.1, 0.15) is 0 Å². The predicted octanol–water partition coefficient (Wildman–Crippen LogP) is -0.181. The Balaban J connectivity index is 3.88. The Labute approximate surface area is 110 Å². The Morgan fingerprint density at radius 1 is 1.17 bits per heavy atom. The number of nitrogens with one attached hydrogen (secondary N) is 3. The molecule has 0 fully saturated rings. The summed E-state index contributed by atoms with van der Waals surface area (Å²) in [6, 6.07) is -0.122. The minimum absolute atomic E-state index is 0.0527. The second-order valence-electron chi connectivity index (χ2n) is 4.36. The van der Waals surface area contributed by atoms with Crippen LogP contribution in [0.25, 0.3) is 0 Å². The lowest BCUT2D eigenvalue weighted by Gasteiger charge is -2.19. The molecule has 0 aliphatic heterocycles. The molecule has 7 heteroatoms. The molecule has 0 aromatic rings. The van der Waals surface area contributed by atoms with Gasteiger partial charge in [-0.2, -0.15) is 0 Å². The lowest BCUT2D eigenvalue weighted by molar-refractivity contribution is -0.123. The zero-order valence-electron chi connectivity index (χ0n) is 11.6. The van der Waals surface area contributed by atoms with Crippen molar-refractivity contribution < 1.29 is 13.2 Å². The van der Waals surface area contributed by atoms with Gasteiger partial charge in [-0.15, -0.1) is 0 Å². The highest BCUT2D eigenvalue weighted by Crippen LogP contribution is 1.96. The van der Waals surface area contributed by atoms with Crippen molar-refractivity contribution in [2.45, 2.75) is 45.7 Å². The maximum Gasteiger partial charge on any atom is 0.237 e. The third-order valence-electron chi connectivity index (χ3n) is 2.67. The number of carbonyl (C=O) groups is 1. The quantitative estimate of drug-likeness (QED) is 0.511. The van der Waals surface area contributed by atoms with Crippen molar-refractivity contribution in [3.63, 3.8) is 0 Å². The molecule has 18 heavy (non-hydrogen) atoms. The van der Waals surface area contributed by atoms with Crippen LogP contribution in [-0.4, -0.2) is 45.8 Å². The van der Waals surface area contributed by atoms with Crippen molar-refractivity contribution in [2.24, 2.45) is 0 Å². The topological polar surface area (TPSA) is 87.3 Å². The van der Waals surface area contributed by atoms with Crippen molar-refractivity contribution in [2.75, 3.05) is 19.3 Å². The monoisotopic (exact) mass is 279 g/mol. The Morgan fingerprint density at radius 2 is 1.72 bits per heavy atom. The largest absolute Gasteiger partial charge is 0.352 e. The zero-order chi connectivity index (χ0) is 14.2. The second-order valence-corrected chi connectivity index (χ2v) is 6.20. The fourth-order valence-corrected chi connectivity index (χ4v) is 1.91. The van der Waals surface area contributed by atoms with Gasteiger partial charge in [0.2, 0.25) is 15.9 Å². The molecule has 3 N–H and O–H groups in total. The summed E-state index contributed by atoms with van der Waals surface area (Å²) in [6.45, 7) is 6.52. The minimum Gasteiger partial charge on any atom is -0.352 e. The minimum atomic E-state index is -3.16. The van der Waals surface area contributed by atoms with E-state index in [0.29, 0.717) is 6.54 Å². The van der Waals surface area contributed by atoms with Crippen LogP contribution in [-0.2, 0) is 14.8 Å². The summed E-state index contributed by atoms with van der Waals surface area (Å²) in [4.78, 5) is 11.8. The molecule has 0 saturated carbocycles. The fraction of sp³-hybridized carbons (Fsp3) is 0.909. The van der Waals surface area contributed by atoms with Crippen LogP contribution < -0.4 is 15.4 Å². The molecule has 6 nitrogen and oxygen atoms in total. The molecule has 0 heterocycles. The molecule has 0 aliphatic carbocycles. The lowest BCUT2D eigenvalue weighted by Crippen LogP contribution is -2.47. The first-order valence-corrected chi connectivity index (χ1v) is 8.17. The van der Waals surface area contributed by atoms with Gasteiger partial charge in [-0.1, -0.05) is 13.8 Å². The molecule has 0 saturated heterocycles. The molecular formula is C11H25N3O3S. The average molecular weight is 279 g/mol. The van der Waals surface area contributed by atoms with Gasteiger partial charge in [0.25, 0.3) is 0 Å². The number of hydrogen-bond donors (Lipinski definition) is 3. The summed E-state index contributed by atoms with van der Waals surface area (Å²) in [6.07, 6.45) is 2.92. The number of hydrogen-bond acceptors (Lipinski definition) is 4. The third kappa shape index (κ3) is 8.43. The highest BCUT2D eigenvalue weighted by molar-refractivity contribution is 7.88. The zero-order valence-corrected chi connectivity index (χ0v) is 12.4. The standard InChI is InChI=1S/C11H25N3O3S/c1-5-10(6-2)14-11(15)9(3)12-7-8-13-18(4,16)17/h9-10,12-13H,5-8H2,1-4H3,(H,14,15). The normalized spacial score (nSPS) is 13.6. The van der Waals surface area contributed by atoms with Crippen LogP contribution in [0.4, 0.5) is 0 Å². The van der Waals surface area contributed by atoms with Crippen LogP contribution in [0, 0.1) is 0 Å². The summed E-state index contributed by atoms with van der Waals surface area (Å²) in [5.74, 6) is -0.0527. The van der Waals surface area contributed by atoms with Gasteiger partial charge in [-0.3, -0.25) is 4.79 Å². The Kier molecular flexibility index (Phi) is 8.13. The van der Waals surface area contributed by atoms with Gasteiger partial charge >= 0.3 is 0 Å². The Bertz CT molecular complexity index is 339. The number of rotatable bonds is 9. The molecule has 0 rings (SSSR count). The van der Waals surface area contributed by atoms with Crippen LogP contribution in [0.5, 0.6) is 0 Å². The van der Waals surface area contributed by atoms with Crippen molar-refractivity contribution in [3.05, 3.63) is 0 Å². The van der Waals surface area contributed by atoms with E-state index in [1.807, 2.05) is 13.8 Å². The lowest BCUT2D eigenvalue weighted by atomic mass is 10.1. The first-order valence-electron chi connectivity index (χ1n) is 6.28. The van der Waals surface area contributed by atoms with Crippen molar-refractivity contribution in [1.82, 2.24) is 15.4 Å². The first-order chi connectivity index (χ1) is 8.30. The predicted molar refractivity (Wildman–Crippen MR) is 72.8 cm³/mol. The number of amides is 1. The highest BCUT2D eigenvalue weighted by Gasteiger charge is 2.14. The van der Waals surface area contributed by atoms with E-state index < -0.39 is 10.0 Å². The van der Waals surface area contributed by atoms with E-state index in [1.165, 1.54) is 0 Å². The van der Waals surface area contributed by atoms with Gasteiger partial charge in [0, 0.05) is 19.1 Å². The maximum atomic E-state index is 11.8. The van der Waals surface area contributed by atoms with Crippen molar-refractivity contribution in [3.8, 4) is 0 Å². The van der Waals surface area contributed by atoms with Crippen LogP contribution in [0.1, 0.15) is 33.6 Å².